The number of hydrogen-bond donors (Lipinski definition) is 1. The Labute approximate surface area is 157 Å². The summed E-state index contributed by atoms with van der Waals surface area (Å²) in [5.41, 5.74) is 3.51. The van der Waals surface area contributed by atoms with Crippen LogP contribution in [-0.2, 0) is 22.4 Å². The number of benzene rings is 2. The van der Waals surface area contributed by atoms with E-state index in [1.807, 2.05) is 36.4 Å². The Morgan fingerprint density at radius 2 is 1.96 bits per heavy atom. The summed E-state index contributed by atoms with van der Waals surface area (Å²) < 4.78 is 1.85. The summed E-state index contributed by atoms with van der Waals surface area (Å²) in [5.74, 6) is -0.123. The maximum absolute atomic E-state index is 12.8. The Kier molecular flexibility index (Phi) is 5.06. The van der Waals surface area contributed by atoms with Crippen molar-refractivity contribution in [2.75, 3.05) is 16.8 Å². The van der Waals surface area contributed by atoms with Gasteiger partial charge in [0.05, 0.1) is 17.8 Å². The second-order valence-corrected chi connectivity index (χ2v) is 7.58. The Morgan fingerprint density at radius 3 is 2.67 bits per heavy atom. The molecule has 0 aromatic heterocycles. The lowest BCUT2D eigenvalue weighted by molar-refractivity contribution is -0.118. The zero-order valence-electron chi connectivity index (χ0n) is 13.1. The number of halogens is 2. The Hall–Kier alpha value is -1.66. The van der Waals surface area contributed by atoms with Crippen molar-refractivity contribution in [2.45, 2.75) is 19.8 Å². The molecule has 0 fully saturated rings. The molecular weight excluding hydrogens is 436 g/mol. The van der Waals surface area contributed by atoms with Gasteiger partial charge in [-0.15, -0.1) is 0 Å². The summed E-state index contributed by atoms with van der Waals surface area (Å²) in [6, 6.07) is 11.6. The van der Waals surface area contributed by atoms with Gasteiger partial charge in [0, 0.05) is 22.4 Å². The molecule has 124 valence electrons. The molecule has 0 saturated heterocycles. The normalized spacial score (nSPS) is 12.9. The third kappa shape index (κ3) is 3.70. The number of hydrogen-bond acceptors (Lipinski definition) is 2. The summed E-state index contributed by atoms with van der Waals surface area (Å²) in [6.45, 7) is 2.10. The van der Waals surface area contributed by atoms with Crippen LogP contribution in [-0.4, -0.2) is 18.4 Å². The van der Waals surface area contributed by atoms with E-state index in [0.29, 0.717) is 18.7 Å². The third-order valence-corrected chi connectivity index (χ3v) is 4.84. The summed E-state index contributed by atoms with van der Waals surface area (Å²) in [6.07, 6.45) is 1.11. The van der Waals surface area contributed by atoms with Crippen molar-refractivity contribution in [3.63, 3.8) is 0 Å². The van der Waals surface area contributed by atoms with Crippen LogP contribution in [0.1, 0.15) is 18.1 Å². The van der Waals surface area contributed by atoms with Crippen LogP contribution in [0.25, 0.3) is 0 Å². The lowest BCUT2D eigenvalue weighted by atomic mass is 10.1. The molecule has 6 heteroatoms. The van der Waals surface area contributed by atoms with Gasteiger partial charge < -0.3 is 10.2 Å². The molecule has 1 aliphatic rings. The van der Waals surface area contributed by atoms with Gasteiger partial charge in [-0.25, -0.2) is 0 Å². The predicted molar refractivity (Wildman–Crippen MR) is 102 cm³/mol. The second kappa shape index (κ2) is 7.07. The number of carbonyl (C=O) groups excluding carboxylic acids is 2. The molecular formula is C18H16Br2N2O2. The number of carbonyl (C=O) groups is 2. The lowest BCUT2D eigenvalue weighted by Gasteiger charge is -2.21. The highest BCUT2D eigenvalue weighted by Crippen LogP contribution is 2.38. The molecule has 4 nitrogen and oxygen atoms in total. The highest BCUT2D eigenvalue weighted by Gasteiger charge is 2.28. The van der Waals surface area contributed by atoms with Crippen molar-refractivity contribution >= 4 is 55.0 Å². The van der Waals surface area contributed by atoms with Crippen LogP contribution in [0, 0.1) is 0 Å². The second-order valence-electron chi connectivity index (χ2n) is 5.74. The first-order valence-corrected chi connectivity index (χ1v) is 9.17. The van der Waals surface area contributed by atoms with E-state index >= 15 is 0 Å². The monoisotopic (exact) mass is 450 g/mol. The molecule has 2 amide bonds. The molecule has 0 aliphatic carbocycles. The van der Waals surface area contributed by atoms with Gasteiger partial charge in [-0.3, -0.25) is 9.59 Å². The molecule has 2 aromatic rings. The number of nitrogens with zero attached hydrogens (tertiary/aromatic N) is 1. The molecule has 0 atom stereocenters. The van der Waals surface area contributed by atoms with Gasteiger partial charge >= 0.3 is 0 Å². The fourth-order valence-electron chi connectivity index (χ4n) is 2.96. The Morgan fingerprint density at radius 1 is 1.17 bits per heavy atom. The zero-order chi connectivity index (χ0) is 17.3. The summed E-state index contributed by atoms with van der Waals surface area (Å²) in [5, 5.41) is 2.83. The molecule has 1 heterocycles. The number of amides is 2. The molecule has 3 rings (SSSR count). The van der Waals surface area contributed by atoms with Crippen molar-refractivity contribution in [3.8, 4) is 0 Å². The van der Waals surface area contributed by atoms with Crippen LogP contribution in [0.4, 0.5) is 11.4 Å². The first-order chi connectivity index (χ1) is 11.4. The molecule has 1 N–H and O–H groups in total. The van der Waals surface area contributed by atoms with Crippen molar-refractivity contribution < 1.29 is 9.59 Å². The number of fused-ring (bicyclic) bond motifs is 1. The van der Waals surface area contributed by atoms with Gasteiger partial charge in [0.2, 0.25) is 11.8 Å². The van der Waals surface area contributed by atoms with Crippen molar-refractivity contribution in [1.29, 1.82) is 0 Å². The largest absolute Gasteiger partial charge is 0.324 e. The zero-order valence-corrected chi connectivity index (χ0v) is 16.3. The Balaban J connectivity index is 1.90. The first kappa shape index (κ1) is 17.2. The van der Waals surface area contributed by atoms with Gasteiger partial charge in [-0.05, 0) is 41.8 Å². The van der Waals surface area contributed by atoms with Gasteiger partial charge in [-0.2, -0.15) is 0 Å². The van der Waals surface area contributed by atoms with Crippen molar-refractivity contribution in [2.24, 2.45) is 0 Å². The SMILES string of the molecule is CC(=O)Nc1cc(Br)cc2c1N(C(=O)Cc1cccc(Br)c1)CC2. The van der Waals surface area contributed by atoms with E-state index < -0.39 is 0 Å². The van der Waals surface area contributed by atoms with Crippen LogP contribution >= 0.6 is 31.9 Å². The average molecular weight is 452 g/mol. The number of nitrogens with one attached hydrogen (secondary N) is 1. The smallest absolute Gasteiger partial charge is 0.231 e. The standard InChI is InChI=1S/C18H16Br2N2O2/c1-11(23)21-16-10-15(20)9-13-5-6-22(18(13)16)17(24)8-12-3-2-4-14(19)7-12/h2-4,7,9-10H,5-6,8H2,1H3,(H,21,23). The van der Waals surface area contributed by atoms with Crippen LogP contribution in [0.5, 0.6) is 0 Å². The van der Waals surface area contributed by atoms with Gasteiger partial charge in [0.1, 0.15) is 0 Å². The average Bonchev–Trinajstić information content (AvgIpc) is 2.90. The van der Waals surface area contributed by atoms with Gasteiger partial charge in [-0.1, -0.05) is 44.0 Å². The highest BCUT2D eigenvalue weighted by atomic mass is 79.9. The quantitative estimate of drug-likeness (QED) is 0.756. The predicted octanol–water partition coefficient (Wildman–Crippen LogP) is 4.30. The summed E-state index contributed by atoms with van der Waals surface area (Å²) in [4.78, 5) is 26.1. The van der Waals surface area contributed by atoms with Gasteiger partial charge in [0.15, 0.2) is 0 Å². The topological polar surface area (TPSA) is 49.4 Å². The van der Waals surface area contributed by atoms with E-state index in [2.05, 4.69) is 37.2 Å². The molecule has 1 aliphatic heterocycles. The molecule has 0 unspecified atom stereocenters. The molecule has 24 heavy (non-hydrogen) atoms. The van der Waals surface area contributed by atoms with E-state index in [1.165, 1.54) is 6.92 Å². The van der Waals surface area contributed by atoms with Gasteiger partial charge in [0.25, 0.3) is 0 Å². The van der Waals surface area contributed by atoms with Crippen LogP contribution in [0.3, 0.4) is 0 Å². The van der Waals surface area contributed by atoms with Crippen LogP contribution < -0.4 is 10.2 Å². The fraction of sp³-hybridized carbons (Fsp3) is 0.222. The maximum Gasteiger partial charge on any atom is 0.231 e. The van der Waals surface area contributed by atoms with Crippen molar-refractivity contribution in [3.05, 3.63) is 56.5 Å². The fourth-order valence-corrected chi connectivity index (χ4v) is 3.91. The molecule has 0 radical (unpaired) electrons. The van der Waals surface area contributed by atoms with Crippen molar-refractivity contribution in [1.82, 2.24) is 0 Å². The van der Waals surface area contributed by atoms with E-state index in [4.69, 9.17) is 0 Å². The lowest BCUT2D eigenvalue weighted by Crippen LogP contribution is -2.31. The molecule has 0 bridgehead atoms. The van der Waals surface area contributed by atoms with E-state index in [1.54, 1.807) is 4.90 Å². The third-order valence-electron chi connectivity index (χ3n) is 3.88. The number of rotatable bonds is 3. The highest BCUT2D eigenvalue weighted by molar-refractivity contribution is 9.10. The maximum atomic E-state index is 12.8. The number of anilines is 2. The minimum atomic E-state index is -0.151. The minimum Gasteiger partial charge on any atom is -0.324 e. The van der Waals surface area contributed by atoms with Crippen LogP contribution in [0.15, 0.2) is 45.3 Å². The van der Waals surface area contributed by atoms with E-state index in [0.717, 1.165) is 32.2 Å². The molecule has 2 aromatic carbocycles. The first-order valence-electron chi connectivity index (χ1n) is 7.59. The van der Waals surface area contributed by atoms with E-state index in [-0.39, 0.29) is 11.8 Å². The Bertz CT molecular complexity index is 821. The molecule has 0 spiro atoms. The minimum absolute atomic E-state index is 0.0285. The summed E-state index contributed by atoms with van der Waals surface area (Å²) >= 11 is 6.89. The summed E-state index contributed by atoms with van der Waals surface area (Å²) in [7, 11) is 0. The van der Waals surface area contributed by atoms with Crippen LogP contribution in [0.2, 0.25) is 0 Å². The molecule has 0 saturated carbocycles. The van der Waals surface area contributed by atoms with E-state index in [9.17, 15) is 9.59 Å².